The fraction of sp³-hybridized carbons (Fsp3) is 0.278. The summed E-state index contributed by atoms with van der Waals surface area (Å²) in [4.78, 5) is 2.47. The first-order valence-electron chi connectivity index (χ1n) is 7.78. The van der Waals surface area contributed by atoms with Crippen molar-refractivity contribution < 1.29 is 13.2 Å². The molecular weight excluding hydrogens is 404 g/mol. The number of ether oxygens (including phenoxy) is 1. The van der Waals surface area contributed by atoms with E-state index in [4.69, 9.17) is 4.74 Å². The third kappa shape index (κ3) is 4.14. The topological polar surface area (TPSA) is 70.4 Å². The van der Waals surface area contributed by atoms with Crippen molar-refractivity contribution in [2.24, 2.45) is 0 Å². The van der Waals surface area contributed by atoms with Gasteiger partial charge in [-0.05, 0) is 42.5 Å². The minimum atomic E-state index is -3.18. The summed E-state index contributed by atoms with van der Waals surface area (Å²) >= 11 is 3.35. The molecule has 0 spiro atoms. The van der Waals surface area contributed by atoms with E-state index in [1.807, 2.05) is 18.2 Å². The third-order valence-electron chi connectivity index (χ3n) is 4.13. The second-order valence-electron chi connectivity index (χ2n) is 5.99. The minimum absolute atomic E-state index is 0.0112. The van der Waals surface area contributed by atoms with Gasteiger partial charge in [-0.2, -0.15) is 5.26 Å². The fourth-order valence-corrected chi connectivity index (χ4v) is 3.83. The van der Waals surface area contributed by atoms with E-state index in [1.54, 1.807) is 24.3 Å². The zero-order chi connectivity index (χ0) is 18.0. The molecule has 3 rings (SSSR count). The van der Waals surface area contributed by atoms with Gasteiger partial charge in [0, 0.05) is 29.4 Å². The molecule has 1 saturated heterocycles. The van der Waals surface area contributed by atoms with Crippen LogP contribution in [0.3, 0.4) is 0 Å². The average Bonchev–Trinajstić information content (AvgIpc) is 3.04. The fourth-order valence-electron chi connectivity index (χ4n) is 2.83. The number of sulfone groups is 1. The van der Waals surface area contributed by atoms with Crippen molar-refractivity contribution in [3.63, 3.8) is 0 Å². The number of benzene rings is 2. The monoisotopic (exact) mass is 420 g/mol. The van der Waals surface area contributed by atoms with Crippen molar-refractivity contribution in [2.75, 3.05) is 24.2 Å². The van der Waals surface area contributed by atoms with Crippen molar-refractivity contribution >= 4 is 31.5 Å². The van der Waals surface area contributed by atoms with E-state index in [0.29, 0.717) is 22.8 Å². The molecule has 1 aliphatic heterocycles. The van der Waals surface area contributed by atoms with E-state index < -0.39 is 9.84 Å². The lowest BCUT2D eigenvalue weighted by atomic mass is 10.2. The van der Waals surface area contributed by atoms with E-state index in [1.165, 1.54) is 6.26 Å². The summed E-state index contributed by atoms with van der Waals surface area (Å²) in [5, 5.41) is 9.23. The van der Waals surface area contributed by atoms with Gasteiger partial charge in [-0.25, -0.2) is 8.42 Å². The van der Waals surface area contributed by atoms with Gasteiger partial charge in [0.25, 0.3) is 0 Å². The Labute approximate surface area is 155 Å². The Balaban J connectivity index is 1.69. The van der Waals surface area contributed by atoms with Crippen LogP contribution in [0, 0.1) is 11.3 Å². The predicted molar refractivity (Wildman–Crippen MR) is 99.7 cm³/mol. The Kier molecular flexibility index (Phi) is 5.02. The van der Waals surface area contributed by atoms with Gasteiger partial charge in [0.05, 0.1) is 17.0 Å². The van der Waals surface area contributed by atoms with Crippen molar-refractivity contribution in [1.82, 2.24) is 0 Å². The van der Waals surface area contributed by atoms with Crippen LogP contribution in [0.1, 0.15) is 12.0 Å². The Morgan fingerprint density at radius 1 is 1.24 bits per heavy atom. The Bertz CT molecular complexity index is 920. The quantitative estimate of drug-likeness (QED) is 0.757. The molecule has 1 aliphatic rings. The molecule has 25 heavy (non-hydrogen) atoms. The summed E-state index contributed by atoms with van der Waals surface area (Å²) in [5.41, 5.74) is 1.47. The first-order chi connectivity index (χ1) is 11.9. The van der Waals surface area contributed by atoms with Gasteiger partial charge in [0.1, 0.15) is 17.9 Å². The molecule has 0 radical (unpaired) electrons. The number of nitrogens with zero attached hydrogens (tertiary/aromatic N) is 2. The zero-order valence-electron chi connectivity index (χ0n) is 13.6. The molecule has 0 aromatic heterocycles. The molecule has 130 valence electrons. The lowest BCUT2D eigenvalue weighted by Crippen LogP contribution is -2.24. The molecular formula is C18H17BrN2O3S. The van der Waals surface area contributed by atoms with Crippen LogP contribution in [0.25, 0.3) is 0 Å². The van der Waals surface area contributed by atoms with Gasteiger partial charge >= 0.3 is 0 Å². The predicted octanol–water partition coefficient (Wildman–Crippen LogP) is 3.38. The van der Waals surface area contributed by atoms with Crippen molar-refractivity contribution in [1.29, 1.82) is 5.26 Å². The van der Waals surface area contributed by atoms with Gasteiger partial charge in [-0.15, -0.1) is 0 Å². The highest BCUT2D eigenvalue weighted by Gasteiger charge is 2.25. The highest BCUT2D eigenvalue weighted by atomic mass is 79.9. The normalized spacial score (nSPS) is 17.3. The molecule has 0 aliphatic carbocycles. The van der Waals surface area contributed by atoms with Gasteiger partial charge in [0.2, 0.25) is 0 Å². The number of rotatable bonds is 4. The molecule has 0 unspecified atom stereocenters. The van der Waals surface area contributed by atoms with Crippen LogP contribution < -0.4 is 9.64 Å². The van der Waals surface area contributed by atoms with Crippen LogP contribution in [0.15, 0.2) is 51.8 Å². The Hall–Kier alpha value is -2.04. The maximum atomic E-state index is 11.5. The van der Waals surface area contributed by atoms with Gasteiger partial charge in [-0.3, -0.25) is 0 Å². The molecule has 2 aromatic rings. The van der Waals surface area contributed by atoms with E-state index in [2.05, 4.69) is 26.9 Å². The Morgan fingerprint density at radius 3 is 2.60 bits per heavy atom. The smallest absolute Gasteiger partial charge is 0.175 e. The molecule has 1 atom stereocenters. The van der Waals surface area contributed by atoms with Crippen LogP contribution >= 0.6 is 15.9 Å². The number of anilines is 1. The van der Waals surface area contributed by atoms with E-state index in [0.717, 1.165) is 23.1 Å². The van der Waals surface area contributed by atoms with Crippen LogP contribution in [-0.4, -0.2) is 33.9 Å². The number of hydrogen-bond donors (Lipinski definition) is 0. The highest BCUT2D eigenvalue weighted by molar-refractivity contribution is 9.10. The minimum Gasteiger partial charge on any atom is -0.487 e. The summed E-state index contributed by atoms with van der Waals surface area (Å²) < 4.78 is 29.9. The van der Waals surface area contributed by atoms with E-state index in [9.17, 15) is 13.7 Å². The second-order valence-corrected chi connectivity index (χ2v) is 8.92. The van der Waals surface area contributed by atoms with Crippen molar-refractivity contribution in [2.45, 2.75) is 17.4 Å². The summed E-state index contributed by atoms with van der Waals surface area (Å²) in [6, 6.07) is 14.4. The lowest BCUT2D eigenvalue weighted by Gasteiger charge is -2.19. The zero-order valence-corrected chi connectivity index (χ0v) is 16.0. The molecule has 5 nitrogen and oxygen atoms in total. The molecule has 0 bridgehead atoms. The second kappa shape index (κ2) is 7.06. The molecule has 1 heterocycles. The summed E-state index contributed by atoms with van der Waals surface area (Å²) in [7, 11) is -3.18. The molecule has 1 fully saturated rings. The standard InChI is InChI=1S/C18H17BrN2O3S/c1-25(22,23)17-5-3-15(4-6-17)21-9-8-16(12-21)24-18-7-2-14(19)10-13(18)11-20/h2-7,10,16H,8-9,12H2,1H3/t16-/m0/s1. The van der Waals surface area contributed by atoms with Crippen LogP contribution in [0.2, 0.25) is 0 Å². The van der Waals surface area contributed by atoms with E-state index >= 15 is 0 Å². The maximum Gasteiger partial charge on any atom is 0.175 e. The number of hydrogen-bond acceptors (Lipinski definition) is 5. The van der Waals surface area contributed by atoms with Crippen molar-refractivity contribution in [3.8, 4) is 11.8 Å². The largest absolute Gasteiger partial charge is 0.487 e. The van der Waals surface area contributed by atoms with Gasteiger partial charge in [0.15, 0.2) is 9.84 Å². The summed E-state index contributed by atoms with van der Waals surface area (Å²) in [6.45, 7) is 1.51. The highest BCUT2D eigenvalue weighted by Crippen LogP contribution is 2.28. The van der Waals surface area contributed by atoms with Crippen LogP contribution in [-0.2, 0) is 9.84 Å². The van der Waals surface area contributed by atoms with Crippen LogP contribution in [0.5, 0.6) is 5.75 Å². The average molecular weight is 421 g/mol. The molecule has 0 N–H and O–H groups in total. The van der Waals surface area contributed by atoms with Gasteiger partial charge < -0.3 is 9.64 Å². The Morgan fingerprint density at radius 2 is 1.96 bits per heavy atom. The van der Waals surface area contributed by atoms with Crippen molar-refractivity contribution in [3.05, 3.63) is 52.5 Å². The van der Waals surface area contributed by atoms with Crippen LogP contribution in [0.4, 0.5) is 5.69 Å². The molecule has 0 saturated carbocycles. The molecule has 7 heteroatoms. The molecule has 0 amide bonds. The number of halogens is 1. The first-order valence-corrected chi connectivity index (χ1v) is 10.5. The molecule has 2 aromatic carbocycles. The van der Waals surface area contributed by atoms with Gasteiger partial charge in [-0.1, -0.05) is 15.9 Å². The third-order valence-corrected chi connectivity index (χ3v) is 5.75. The van der Waals surface area contributed by atoms with E-state index in [-0.39, 0.29) is 6.10 Å². The summed E-state index contributed by atoms with van der Waals surface area (Å²) in [6.07, 6.45) is 2.03. The first kappa shape index (κ1) is 17.8. The number of nitriles is 1. The SMILES string of the molecule is CS(=O)(=O)c1ccc(N2CC[C@H](Oc3ccc(Br)cc3C#N)C2)cc1. The lowest BCUT2D eigenvalue weighted by molar-refractivity contribution is 0.224. The summed E-state index contributed by atoms with van der Waals surface area (Å²) in [5.74, 6) is 0.588. The maximum absolute atomic E-state index is 11.5.